The van der Waals surface area contributed by atoms with Crippen molar-refractivity contribution in [3.05, 3.63) is 18.0 Å². The highest BCUT2D eigenvalue weighted by atomic mass is 16.5. The van der Waals surface area contributed by atoms with Crippen molar-refractivity contribution in [3.8, 4) is 0 Å². The van der Waals surface area contributed by atoms with Gasteiger partial charge in [-0.1, -0.05) is 6.42 Å². The number of ether oxygens (including phenoxy) is 1. The van der Waals surface area contributed by atoms with Crippen molar-refractivity contribution >= 4 is 11.9 Å². The number of rotatable bonds is 5. The molecule has 1 heterocycles. The first kappa shape index (κ1) is 15.1. The first-order valence-electron chi connectivity index (χ1n) is 7.98. The van der Waals surface area contributed by atoms with E-state index in [1.165, 1.54) is 36.6 Å². The molecule has 2 fully saturated rings. The van der Waals surface area contributed by atoms with E-state index in [9.17, 15) is 9.59 Å². The van der Waals surface area contributed by atoms with Crippen LogP contribution in [0.3, 0.4) is 0 Å². The van der Waals surface area contributed by atoms with Crippen LogP contribution in [0.25, 0.3) is 0 Å². The summed E-state index contributed by atoms with van der Waals surface area (Å²) in [5.41, 5.74) is 0.358. The molecule has 1 aromatic rings. The molecule has 120 valence electrons. The van der Waals surface area contributed by atoms with Crippen LogP contribution in [0, 0.1) is 17.8 Å². The Morgan fingerprint density at radius 2 is 2.27 bits per heavy atom. The predicted octanol–water partition coefficient (Wildman–Crippen LogP) is 1.52. The first-order chi connectivity index (χ1) is 10.5. The molecule has 2 aliphatic carbocycles. The number of carbonyl (C=O) groups is 2. The summed E-state index contributed by atoms with van der Waals surface area (Å²) >= 11 is 0. The third kappa shape index (κ3) is 3.15. The van der Waals surface area contributed by atoms with Gasteiger partial charge in [0.1, 0.15) is 0 Å². The summed E-state index contributed by atoms with van der Waals surface area (Å²) < 4.78 is 6.55. The van der Waals surface area contributed by atoms with E-state index in [1.54, 1.807) is 13.2 Å². The van der Waals surface area contributed by atoms with Crippen molar-refractivity contribution < 1.29 is 14.3 Å². The monoisotopic (exact) mass is 305 g/mol. The molecule has 2 saturated carbocycles. The molecule has 1 aromatic heterocycles. The highest BCUT2D eigenvalue weighted by Crippen LogP contribution is 2.49. The number of nitrogens with one attached hydrogen (secondary N) is 1. The normalized spacial score (nSPS) is 27.6. The number of esters is 1. The second-order valence-corrected chi connectivity index (χ2v) is 6.67. The molecule has 0 spiro atoms. The Hall–Kier alpha value is -1.85. The molecular weight excluding hydrogens is 282 g/mol. The lowest BCUT2D eigenvalue weighted by atomic mass is 9.84. The Kier molecular flexibility index (Phi) is 4.18. The lowest BCUT2D eigenvalue weighted by Gasteiger charge is -2.28. The minimum Gasteiger partial charge on any atom is -0.452 e. The largest absolute Gasteiger partial charge is 0.452 e. The van der Waals surface area contributed by atoms with Gasteiger partial charge in [0, 0.05) is 19.3 Å². The van der Waals surface area contributed by atoms with Crippen molar-refractivity contribution in [1.82, 2.24) is 15.1 Å². The minimum absolute atomic E-state index is 0.153. The molecule has 22 heavy (non-hydrogen) atoms. The molecule has 2 aliphatic rings. The fraction of sp³-hybridized carbons (Fsp3) is 0.688. The zero-order chi connectivity index (χ0) is 15.7. The summed E-state index contributed by atoms with van der Waals surface area (Å²) in [5, 5.41) is 6.88. The van der Waals surface area contributed by atoms with Crippen molar-refractivity contribution in [2.24, 2.45) is 24.8 Å². The summed E-state index contributed by atoms with van der Waals surface area (Å²) in [4.78, 5) is 23.7. The van der Waals surface area contributed by atoms with Crippen molar-refractivity contribution in [3.63, 3.8) is 0 Å². The molecule has 0 aliphatic heterocycles. The van der Waals surface area contributed by atoms with Crippen LogP contribution in [0.5, 0.6) is 0 Å². The van der Waals surface area contributed by atoms with E-state index in [0.29, 0.717) is 11.5 Å². The maximum Gasteiger partial charge on any atom is 0.341 e. The van der Waals surface area contributed by atoms with Gasteiger partial charge in [-0.3, -0.25) is 9.48 Å². The molecule has 3 rings (SSSR count). The number of amides is 1. The Bertz CT molecular complexity index is 569. The molecule has 0 radical (unpaired) electrons. The van der Waals surface area contributed by atoms with Gasteiger partial charge in [0.15, 0.2) is 6.61 Å². The van der Waals surface area contributed by atoms with Crippen LogP contribution < -0.4 is 5.32 Å². The van der Waals surface area contributed by atoms with Crippen LogP contribution in [-0.2, 0) is 16.6 Å². The third-order valence-electron chi connectivity index (χ3n) is 5.10. The number of hydrogen-bond donors (Lipinski definition) is 1. The smallest absolute Gasteiger partial charge is 0.341 e. The van der Waals surface area contributed by atoms with Gasteiger partial charge < -0.3 is 10.1 Å². The fourth-order valence-corrected chi connectivity index (χ4v) is 4.05. The van der Waals surface area contributed by atoms with Crippen LogP contribution in [-0.4, -0.2) is 34.3 Å². The standard InChI is InChI=1S/C16H23N3O3/c1-10(14-6-11-3-4-12(14)5-11)18-15(20)9-22-16(21)13-7-17-19(2)8-13/h7-8,10-12,14H,3-6,9H2,1-2H3,(H,18,20). The number of aromatic nitrogens is 2. The summed E-state index contributed by atoms with van der Waals surface area (Å²) in [6, 6.07) is 0.153. The van der Waals surface area contributed by atoms with Gasteiger partial charge in [-0.05, 0) is 43.9 Å². The predicted molar refractivity (Wildman–Crippen MR) is 80.0 cm³/mol. The summed E-state index contributed by atoms with van der Waals surface area (Å²) in [7, 11) is 1.72. The Labute approximate surface area is 130 Å². The SMILES string of the molecule is CC(NC(=O)COC(=O)c1cnn(C)c1)C1CC2CCC1C2. The van der Waals surface area contributed by atoms with Crippen molar-refractivity contribution in [1.29, 1.82) is 0 Å². The van der Waals surface area contributed by atoms with E-state index in [0.717, 1.165) is 11.8 Å². The highest BCUT2D eigenvalue weighted by molar-refractivity contribution is 5.90. The lowest BCUT2D eigenvalue weighted by molar-refractivity contribution is -0.125. The summed E-state index contributed by atoms with van der Waals surface area (Å²) in [6.45, 7) is 1.82. The molecule has 1 amide bonds. The van der Waals surface area contributed by atoms with Crippen LogP contribution in [0.15, 0.2) is 12.4 Å². The molecule has 4 unspecified atom stereocenters. The maximum absolute atomic E-state index is 11.9. The van der Waals surface area contributed by atoms with Crippen LogP contribution in [0.4, 0.5) is 0 Å². The van der Waals surface area contributed by atoms with Gasteiger partial charge in [0.05, 0.1) is 11.8 Å². The summed E-state index contributed by atoms with van der Waals surface area (Å²) in [6.07, 6.45) is 8.19. The second kappa shape index (κ2) is 6.10. The highest BCUT2D eigenvalue weighted by Gasteiger charge is 2.42. The van der Waals surface area contributed by atoms with Crippen molar-refractivity contribution in [2.45, 2.75) is 38.6 Å². The lowest BCUT2D eigenvalue weighted by Crippen LogP contribution is -2.42. The molecule has 0 saturated heterocycles. The van der Waals surface area contributed by atoms with Gasteiger partial charge in [-0.25, -0.2) is 4.79 Å². The van der Waals surface area contributed by atoms with Crippen LogP contribution >= 0.6 is 0 Å². The molecule has 0 aromatic carbocycles. The van der Waals surface area contributed by atoms with Gasteiger partial charge in [0.2, 0.25) is 0 Å². The molecule has 6 nitrogen and oxygen atoms in total. The van der Waals surface area contributed by atoms with E-state index in [2.05, 4.69) is 17.3 Å². The Balaban J connectivity index is 1.43. The van der Waals surface area contributed by atoms with Crippen LogP contribution in [0.1, 0.15) is 43.0 Å². The average Bonchev–Trinajstić information content (AvgIpc) is 3.20. The maximum atomic E-state index is 11.9. The molecule has 2 bridgehead atoms. The number of aryl methyl sites for hydroxylation is 1. The molecule has 4 atom stereocenters. The Morgan fingerprint density at radius 3 is 2.86 bits per heavy atom. The van der Waals surface area contributed by atoms with Gasteiger partial charge in [-0.2, -0.15) is 5.10 Å². The number of carbonyl (C=O) groups excluding carboxylic acids is 2. The van der Waals surface area contributed by atoms with E-state index >= 15 is 0 Å². The minimum atomic E-state index is -0.518. The van der Waals surface area contributed by atoms with Gasteiger partial charge in [-0.15, -0.1) is 0 Å². The zero-order valence-electron chi connectivity index (χ0n) is 13.1. The zero-order valence-corrected chi connectivity index (χ0v) is 13.1. The summed E-state index contributed by atoms with van der Waals surface area (Å²) in [5.74, 6) is 1.45. The van der Waals surface area contributed by atoms with Gasteiger partial charge in [0.25, 0.3) is 5.91 Å². The number of hydrogen-bond acceptors (Lipinski definition) is 4. The second-order valence-electron chi connectivity index (χ2n) is 6.67. The molecule has 6 heteroatoms. The number of fused-ring (bicyclic) bond motifs is 2. The van der Waals surface area contributed by atoms with Crippen molar-refractivity contribution in [2.75, 3.05) is 6.61 Å². The van der Waals surface area contributed by atoms with Gasteiger partial charge >= 0.3 is 5.97 Å². The number of nitrogens with zero attached hydrogens (tertiary/aromatic N) is 2. The molecule has 1 N–H and O–H groups in total. The van der Waals surface area contributed by atoms with E-state index in [1.807, 2.05) is 0 Å². The van der Waals surface area contributed by atoms with E-state index < -0.39 is 5.97 Å². The van der Waals surface area contributed by atoms with Crippen LogP contribution in [0.2, 0.25) is 0 Å². The first-order valence-corrected chi connectivity index (χ1v) is 7.98. The average molecular weight is 305 g/mol. The quantitative estimate of drug-likeness (QED) is 0.837. The molecular formula is C16H23N3O3. The van der Waals surface area contributed by atoms with E-state index in [-0.39, 0.29) is 18.6 Å². The Morgan fingerprint density at radius 1 is 1.45 bits per heavy atom. The topological polar surface area (TPSA) is 73.2 Å². The van der Waals surface area contributed by atoms with E-state index in [4.69, 9.17) is 4.74 Å². The fourth-order valence-electron chi connectivity index (χ4n) is 4.05. The third-order valence-corrected chi connectivity index (χ3v) is 5.10.